The van der Waals surface area contributed by atoms with Crippen LogP contribution in [0.2, 0.25) is 5.15 Å². The maximum atomic E-state index is 13.1. The third kappa shape index (κ3) is 26.8. The molecule has 0 saturated carbocycles. The van der Waals surface area contributed by atoms with Gasteiger partial charge in [-0.15, -0.1) is 0 Å². The van der Waals surface area contributed by atoms with Crippen LogP contribution >= 0.6 is 11.6 Å². The Balaban J connectivity index is 0.000000193. The third-order valence-electron chi connectivity index (χ3n) is 16.0. The number of carbonyl (C=O) groups excluding carboxylic acids is 7. The lowest BCUT2D eigenvalue weighted by Crippen LogP contribution is -2.44. The summed E-state index contributed by atoms with van der Waals surface area (Å²) in [7, 11) is 0. The number of nitrogens with two attached hydrogens (primary N) is 1. The molecule has 0 atom stereocenters. The standard InChI is InChI=1S/C32H31F3N4O6.C22H15F3N4O2.C18H12F3NO2.C14H20ClN3O4/c1-30(2,3)44-28(41)39(29(42)45-31(4,5)6)25-17-27(37-18-36-25)43-26-14-13-21-22(11-8-12-23(21)38-26)24(40)16-19-9-7-10-20(15-19)32(33,34)35;23-22(24,25)14-4-1-3-13(9-14)10-18(30)16-5-2-6-17-15(16)7-8-20(29-17)31-21-11-19(26)27-12-28-21;19-18(20,21)12-4-1-3-11(9-12)10-16(23)14-5-2-6-15-13(14)7-8-17(24)22-15;1-13(2,3)21-11(19)18(12(20)22-14(4,5)6)10-7-9(15)16-8-17-10/h7-15,17-18H,16H2,1-6H3;1-9,11-12H,10H2,(H2,26,27,28);1-9H,10H2,(H,22,24);7-8H,1-6H3. The molecule has 0 bridgehead atoms. The molecule has 0 aliphatic rings. The fraction of sp³-hybridized carbons (Fsp3) is 0.256. The normalized spacial score (nSPS) is 11.8. The zero-order chi connectivity index (χ0) is 89.6. The second-order valence-corrected chi connectivity index (χ2v) is 30.9. The number of carbonyl (C=O) groups is 7. The Hall–Kier alpha value is -13.9. The third-order valence-corrected chi connectivity index (χ3v) is 16.2. The van der Waals surface area contributed by atoms with Gasteiger partial charge in [0.1, 0.15) is 52.4 Å². The molecule has 36 heteroatoms. The number of alkyl halides is 9. The van der Waals surface area contributed by atoms with Crippen molar-refractivity contribution in [3.05, 3.63) is 267 Å². The first-order chi connectivity index (χ1) is 56.9. The minimum atomic E-state index is -4.52. The molecule has 636 valence electrons. The number of fused-ring (bicyclic) bond motifs is 3. The molecule has 6 aromatic carbocycles. The van der Waals surface area contributed by atoms with Crippen molar-refractivity contribution >= 4 is 103 Å². The first kappa shape index (κ1) is 92.0. The van der Waals surface area contributed by atoms with Gasteiger partial charge in [-0.1, -0.05) is 103 Å². The van der Waals surface area contributed by atoms with Crippen LogP contribution in [0.5, 0.6) is 23.5 Å². The summed E-state index contributed by atoms with van der Waals surface area (Å²) in [5.41, 5.74) is 2.68. The zero-order valence-corrected chi connectivity index (χ0v) is 68.0. The highest BCUT2D eigenvalue weighted by Crippen LogP contribution is 2.36. The molecule has 0 fully saturated rings. The molecule has 0 saturated heterocycles. The van der Waals surface area contributed by atoms with Crippen LogP contribution in [0.4, 0.5) is 76.1 Å². The summed E-state index contributed by atoms with van der Waals surface area (Å²) in [5.74, 6) is -0.514. The lowest BCUT2D eigenvalue weighted by atomic mass is 9.98. The number of hydrogen-bond donors (Lipinski definition) is 2. The predicted molar refractivity (Wildman–Crippen MR) is 432 cm³/mol. The Bertz CT molecular complexity index is 5890. The SMILES string of the molecule is CC(C)(C)OC(=O)N(C(=O)OC(C)(C)C)c1cc(Cl)ncn1.CC(C)(C)OC(=O)N(C(=O)OC(C)(C)C)c1cc(Oc2ccc3c(C(=O)Cc4cccc(C(F)(F)F)c4)cccc3n2)ncn1.Nc1cc(Oc2ccc3c(C(=O)Cc4cccc(C(F)(F)F)c4)cccc3n2)ncn1.O=C(Cc1cccc(C(F)(F)F)c1)c1cccc2[nH]c(=O)ccc12. The topological polar surface area (TPSA) is 343 Å². The smallest absolute Gasteiger partial charge is 0.425 e. The van der Waals surface area contributed by atoms with Crippen molar-refractivity contribution in [3.8, 4) is 23.5 Å². The first-order valence-electron chi connectivity index (χ1n) is 36.7. The Morgan fingerprint density at radius 1 is 0.377 bits per heavy atom. The maximum Gasteiger partial charge on any atom is 0.425 e. The molecular formula is C86H78ClF9N12O14. The van der Waals surface area contributed by atoms with E-state index >= 15 is 0 Å². The van der Waals surface area contributed by atoms with Crippen molar-refractivity contribution in [2.75, 3.05) is 15.5 Å². The Kier molecular flexibility index (Phi) is 28.7. The minimum absolute atomic E-state index is 0.0245. The van der Waals surface area contributed by atoms with Gasteiger partial charge in [0.05, 0.1) is 27.7 Å². The van der Waals surface area contributed by atoms with Gasteiger partial charge in [-0.2, -0.15) is 49.3 Å². The second-order valence-electron chi connectivity index (χ2n) is 30.5. The van der Waals surface area contributed by atoms with Gasteiger partial charge in [0, 0.05) is 94.0 Å². The van der Waals surface area contributed by atoms with E-state index in [9.17, 15) is 77.9 Å². The van der Waals surface area contributed by atoms with Gasteiger partial charge >= 0.3 is 42.9 Å². The van der Waals surface area contributed by atoms with Crippen molar-refractivity contribution in [3.63, 3.8) is 0 Å². The van der Waals surface area contributed by atoms with Crippen LogP contribution in [-0.4, -0.2) is 109 Å². The van der Waals surface area contributed by atoms with Gasteiger partial charge in [0.2, 0.25) is 29.1 Å². The van der Waals surface area contributed by atoms with E-state index in [1.807, 2.05) is 0 Å². The lowest BCUT2D eigenvalue weighted by Gasteiger charge is -2.28. The Morgan fingerprint density at radius 2 is 0.713 bits per heavy atom. The number of amides is 4. The van der Waals surface area contributed by atoms with E-state index in [1.54, 1.807) is 156 Å². The number of halogens is 10. The predicted octanol–water partition coefficient (Wildman–Crippen LogP) is 20.6. The number of H-pyrrole nitrogens is 1. The van der Waals surface area contributed by atoms with Crippen LogP contribution in [-0.2, 0) is 56.7 Å². The highest BCUT2D eigenvalue weighted by molar-refractivity contribution is 6.29. The van der Waals surface area contributed by atoms with E-state index in [1.165, 1.54) is 79.1 Å². The van der Waals surface area contributed by atoms with Crippen molar-refractivity contribution in [2.24, 2.45) is 0 Å². The number of nitrogens with one attached hydrogen (secondary N) is 1. The molecule has 0 radical (unpaired) electrons. The number of imide groups is 2. The molecule has 0 aliphatic heterocycles. The molecular weight excluding hydrogens is 1630 g/mol. The molecule has 12 rings (SSSR count). The number of rotatable bonds is 15. The van der Waals surface area contributed by atoms with Crippen LogP contribution in [0.1, 0.15) is 148 Å². The fourth-order valence-electron chi connectivity index (χ4n) is 11.0. The van der Waals surface area contributed by atoms with E-state index in [-0.39, 0.29) is 111 Å². The highest BCUT2D eigenvalue weighted by Gasteiger charge is 2.38. The summed E-state index contributed by atoms with van der Waals surface area (Å²) in [6.45, 7) is 20.0. The highest BCUT2D eigenvalue weighted by atomic mass is 35.5. The number of ether oxygens (including phenoxy) is 6. The van der Waals surface area contributed by atoms with Crippen molar-refractivity contribution in [1.29, 1.82) is 0 Å². The number of Topliss-reactive ketones (excluding diaryl/α,β-unsaturated/α-hetero) is 3. The van der Waals surface area contributed by atoms with E-state index in [4.69, 9.17) is 45.8 Å². The van der Waals surface area contributed by atoms with Crippen LogP contribution in [0, 0.1) is 0 Å². The molecule has 0 spiro atoms. The van der Waals surface area contributed by atoms with Gasteiger partial charge in [-0.3, -0.25) is 19.2 Å². The number of nitrogen functional groups attached to an aromatic ring is 1. The molecule has 3 N–H and O–H groups in total. The number of benzene rings is 6. The monoisotopic (exact) mass is 1710 g/mol. The minimum Gasteiger partial charge on any atom is -0.443 e. The summed E-state index contributed by atoms with van der Waals surface area (Å²) >= 11 is 5.78. The van der Waals surface area contributed by atoms with Crippen molar-refractivity contribution < 1.29 is 101 Å². The van der Waals surface area contributed by atoms with Gasteiger partial charge in [-0.25, -0.2) is 59.0 Å². The van der Waals surface area contributed by atoms with Crippen molar-refractivity contribution in [1.82, 2.24) is 44.9 Å². The van der Waals surface area contributed by atoms with Gasteiger partial charge in [0.25, 0.3) is 0 Å². The van der Waals surface area contributed by atoms with Crippen molar-refractivity contribution in [2.45, 2.75) is 143 Å². The number of nitrogens with zero attached hydrogens (tertiary/aromatic N) is 10. The summed E-state index contributed by atoms with van der Waals surface area (Å²) in [5, 5.41) is 1.68. The van der Waals surface area contributed by atoms with Crippen LogP contribution in [0.25, 0.3) is 32.7 Å². The van der Waals surface area contributed by atoms with E-state index in [2.05, 4.69) is 44.9 Å². The summed E-state index contributed by atoms with van der Waals surface area (Å²) in [6.07, 6.45) is -14.4. The molecule has 26 nitrogen and oxygen atoms in total. The van der Waals surface area contributed by atoms with Gasteiger partial charge < -0.3 is 39.1 Å². The number of pyridine rings is 3. The van der Waals surface area contributed by atoms with E-state index < -0.39 is 82.0 Å². The number of aromatic nitrogens is 9. The second kappa shape index (κ2) is 38.0. The quantitative estimate of drug-likeness (QED) is 0.0417. The number of hydrogen-bond acceptors (Lipinski definition) is 23. The van der Waals surface area contributed by atoms with Crippen LogP contribution in [0.15, 0.2) is 206 Å². The molecule has 6 aromatic heterocycles. The Labute approximate surface area is 695 Å². The summed E-state index contributed by atoms with van der Waals surface area (Å²) in [4.78, 5) is 136. The maximum absolute atomic E-state index is 13.1. The average Bonchev–Trinajstić information content (AvgIpc) is 0.806. The van der Waals surface area contributed by atoms with Crippen LogP contribution < -0.4 is 30.6 Å². The number of anilines is 3. The fourth-order valence-corrected chi connectivity index (χ4v) is 11.2. The van der Waals surface area contributed by atoms with Gasteiger partial charge in [0.15, 0.2) is 29.0 Å². The molecule has 0 unspecified atom stereocenters. The summed E-state index contributed by atoms with van der Waals surface area (Å²) in [6, 6.07) is 41.9. The molecule has 4 amide bonds. The molecule has 12 aromatic rings. The lowest BCUT2D eigenvalue weighted by molar-refractivity contribution is -0.138. The van der Waals surface area contributed by atoms with E-state index in [0.717, 1.165) is 49.1 Å². The molecule has 6 heterocycles. The molecule has 122 heavy (non-hydrogen) atoms. The van der Waals surface area contributed by atoms with Gasteiger partial charge in [-0.05, 0) is 154 Å². The van der Waals surface area contributed by atoms with E-state index in [0.29, 0.717) is 53.6 Å². The Morgan fingerprint density at radius 3 is 1.08 bits per heavy atom. The molecule has 0 aliphatic carbocycles. The largest absolute Gasteiger partial charge is 0.443 e. The summed E-state index contributed by atoms with van der Waals surface area (Å²) < 4.78 is 149. The first-order valence-corrected chi connectivity index (χ1v) is 37.0. The zero-order valence-electron chi connectivity index (χ0n) is 67.2. The number of ketones is 3. The van der Waals surface area contributed by atoms with Crippen LogP contribution in [0.3, 0.4) is 0 Å². The average molecular weight is 1710 g/mol. The number of aromatic amines is 1.